The van der Waals surface area contributed by atoms with Gasteiger partial charge in [-0.05, 0) is 37.1 Å². The van der Waals surface area contributed by atoms with E-state index < -0.39 is 0 Å². The first-order chi connectivity index (χ1) is 12.8. The molecule has 0 spiro atoms. The summed E-state index contributed by atoms with van der Waals surface area (Å²) in [6, 6.07) is 9.26. The number of thioether (sulfide) groups is 1. The maximum absolute atomic E-state index is 12.0. The standard InChI is InChI=1S/C17H18N6O2S/c24-15(19-10-12-4-3-9-25-12)11-26-16-7-6-14-20-21-17(23(14)22-16)13-5-1-2-8-18-13/h1-2,5-8,12H,3-4,9-11H2,(H,19,24)/t12-/m1/s1. The molecule has 4 heterocycles. The topological polar surface area (TPSA) is 94.3 Å². The van der Waals surface area contributed by atoms with Crippen LogP contribution in [0.15, 0.2) is 41.6 Å². The summed E-state index contributed by atoms with van der Waals surface area (Å²) >= 11 is 1.37. The third-order valence-electron chi connectivity index (χ3n) is 4.03. The van der Waals surface area contributed by atoms with Crippen LogP contribution in [0.25, 0.3) is 17.2 Å². The SMILES string of the molecule is O=C(CSc1ccc2nnc(-c3ccccn3)n2n1)NC[C@H]1CCCO1. The van der Waals surface area contributed by atoms with Gasteiger partial charge >= 0.3 is 0 Å². The van der Waals surface area contributed by atoms with E-state index in [1.165, 1.54) is 11.8 Å². The summed E-state index contributed by atoms with van der Waals surface area (Å²) in [7, 11) is 0. The highest BCUT2D eigenvalue weighted by molar-refractivity contribution is 7.99. The second-order valence-electron chi connectivity index (χ2n) is 5.91. The first-order valence-electron chi connectivity index (χ1n) is 8.44. The predicted molar refractivity (Wildman–Crippen MR) is 96.7 cm³/mol. The van der Waals surface area contributed by atoms with E-state index in [2.05, 4.69) is 25.6 Å². The Morgan fingerprint density at radius 1 is 1.31 bits per heavy atom. The molecule has 1 aliphatic heterocycles. The second kappa shape index (κ2) is 7.79. The van der Waals surface area contributed by atoms with Gasteiger partial charge in [0.15, 0.2) is 5.65 Å². The van der Waals surface area contributed by atoms with Crippen molar-refractivity contribution in [1.82, 2.24) is 30.1 Å². The molecule has 1 fully saturated rings. The molecular formula is C17H18N6O2S. The van der Waals surface area contributed by atoms with Crippen molar-refractivity contribution in [2.75, 3.05) is 18.9 Å². The number of fused-ring (bicyclic) bond motifs is 1. The van der Waals surface area contributed by atoms with Crippen molar-refractivity contribution >= 4 is 23.3 Å². The van der Waals surface area contributed by atoms with Gasteiger partial charge in [0.25, 0.3) is 0 Å². The minimum absolute atomic E-state index is 0.0268. The number of rotatable bonds is 6. The van der Waals surface area contributed by atoms with Crippen molar-refractivity contribution < 1.29 is 9.53 Å². The molecule has 0 saturated carbocycles. The van der Waals surface area contributed by atoms with Crippen molar-refractivity contribution in [1.29, 1.82) is 0 Å². The lowest BCUT2D eigenvalue weighted by atomic mass is 10.2. The van der Waals surface area contributed by atoms with E-state index in [0.29, 0.717) is 29.5 Å². The zero-order chi connectivity index (χ0) is 17.8. The maximum Gasteiger partial charge on any atom is 0.230 e. The van der Waals surface area contributed by atoms with Gasteiger partial charge < -0.3 is 10.1 Å². The Morgan fingerprint density at radius 3 is 3.08 bits per heavy atom. The number of aromatic nitrogens is 5. The highest BCUT2D eigenvalue weighted by Crippen LogP contribution is 2.19. The molecule has 1 amide bonds. The van der Waals surface area contributed by atoms with Gasteiger partial charge in [-0.15, -0.1) is 10.2 Å². The molecule has 0 aliphatic carbocycles. The van der Waals surface area contributed by atoms with Crippen molar-refractivity contribution in [3.8, 4) is 11.5 Å². The van der Waals surface area contributed by atoms with E-state index in [9.17, 15) is 4.79 Å². The quantitative estimate of drug-likeness (QED) is 0.658. The highest BCUT2D eigenvalue weighted by atomic mass is 32.2. The van der Waals surface area contributed by atoms with E-state index in [0.717, 1.165) is 24.5 Å². The first-order valence-corrected chi connectivity index (χ1v) is 9.43. The molecular weight excluding hydrogens is 352 g/mol. The van der Waals surface area contributed by atoms with Crippen LogP contribution in [0.5, 0.6) is 0 Å². The van der Waals surface area contributed by atoms with Crippen LogP contribution in [-0.2, 0) is 9.53 Å². The third-order valence-corrected chi connectivity index (χ3v) is 4.95. The molecule has 1 saturated heterocycles. The molecule has 4 rings (SSSR count). The van der Waals surface area contributed by atoms with Crippen molar-refractivity contribution in [3.05, 3.63) is 36.5 Å². The molecule has 3 aromatic heterocycles. The first kappa shape index (κ1) is 16.9. The number of pyridine rings is 1. The normalized spacial score (nSPS) is 16.8. The lowest BCUT2D eigenvalue weighted by Gasteiger charge is -2.10. The molecule has 8 nitrogen and oxygen atoms in total. The van der Waals surface area contributed by atoms with Crippen LogP contribution in [-0.4, -0.2) is 55.7 Å². The number of nitrogens with one attached hydrogen (secondary N) is 1. The van der Waals surface area contributed by atoms with Gasteiger partial charge in [-0.2, -0.15) is 9.61 Å². The van der Waals surface area contributed by atoms with E-state index >= 15 is 0 Å². The predicted octanol–water partition coefficient (Wildman–Crippen LogP) is 1.57. The summed E-state index contributed by atoms with van der Waals surface area (Å²) in [5, 5.41) is 16.4. The van der Waals surface area contributed by atoms with Crippen molar-refractivity contribution in [2.45, 2.75) is 24.0 Å². The Kier molecular flexibility index (Phi) is 5.07. The molecule has 1 atom stereocenters. The van der Waals surface area contributed by atoms with Crippen LogP contribution in [0.2, 0.25) is 0 Å². The molecule has 0 bridgehead atoms. The lowest BCUT2D eigenvalue weighted by molar-refractivity contribution is -0.119. The zero-order valence-corrected chi connectivity index (χ0v) is 14.9. The highest BCUT2D eigenvalue weighted by Gasteiger charge is 2.16. The van der Waals surface area contributed by atoms with E-state index in [1.807, 2.05) is 30.3 Å². The Hall–Kier alpha value is -2.52. The molecule has 9 heteroatoms. The largest absolute Gasteiger partial charge is 0.376 e. The lowest BCUT2D eigenvalue weighted by Crippen LogP contribution is -2.32. The Morgan fingerprint density at radius 2 is 2.27 bits per heavy atom. The average molecular weight is 370 g/mol. The summed E-state index contributed by atoms with van der Waals surface area (Å²) < 4.78 is 7.15. The number of carbonyl (C=O) groups excluding carboxylic acids is 1. The van der Waals surface area contributed by atoms with Crippen LogP contribution >= 0.6 is 11.8 Å². The van der Waals surface area contributed by atoms with Gasteiger partial charge in [0, 0.05) is 19.3 Å². The minimum atomic E-state index is -0.0268. The van der Waals surface area contributed by atoms with Crippen LogP contribution in [0, 0.1) is 0 Å². The number of hydrogen-bond donors (Lipinski definition) is 1. The average Bonchev–Trinajstić information content (AvgIpc) is 3.34. The molecule has 134 valence electrons. The van der Waals surface area contributed by atoms with Crippen LogP contribution in [0.4, 0.5) is 0 Å². The van der Waals surface area contributed by atoms with Crippen LogP contribution < -0.4 is 5.32 Å². The Bertz CT molecular complexity index is 895. The fourth-order valence-electron chi connectivity index (χ4n) is 2.73. The molecule has 26 heavy (non-hydrogen) atoms. The van der Waals surface area contributed by atoms with Gasteiger partial charge in [0.2, 0.25) is 11.7 Å². The Labute approximate surface area is 154 Å². The summed E-state index contributed by atoms with van der Waals surface area (Å²) in [6.07, 6.45) is 3.93. The monoisotopic (exact) mass is 370 g/mol. The number of carbonyl (C=O) groups is 1. The number of nitrogens with zero attached hydrogens (tertiary/aromatic N) is 5. The van der Waals surface area contributed by atoms with Gasteiger partial charge in [-0.1, -0.05) is 17.8 Å². The van der Waals surface area contributed by atoms with Gasteiger partial charge in [0.05, 0.1) is 11.9 Å². The molecule has 1 N–H and O–H groups in total. The maximum atomic E-state index is 12.0. The fraction of sp³-hybridized carbons (Fsp3) is 0.353. The summed E-state index contributed by atoms with van der Waals surface area (Å²) in [6.45, 7) is 1.36. The summed E-state index contributed by atoms with van der Waals surface area (Å²) in [5.74, 6) is 0.846. The zero-order valence-electron chi connectivity index (χ0n) is 14.0. The third kappa shape index (κ3) is 3.83. The molecule has 0 aromatic carbocycles. The van der Waals surface area contributed by atoms with Crippen LogP contribution in [0.1, 0.15) is 12.8 Å². The van der Waals surface area contributed by atoms with Gasteiger partial charge in [-0.3, -0.25) is 9.78 Å². The van der Waals surface area contributed by atoms with E-state index in [1.54, 1.807) is 10.7 Å². The molecule has 3 aromatic rings. The Balaban J connectivity index is 1.41. The summed E-state index contributed by atoms with van der Waals surface area (Å²) in [4.78, 5) is 16.3. The fourth-order valence-corrected chi connectivity index (χ4v) is 3.41. The van der Waals surface area contributed by atoms with Crippen molar-refractivity contribution in [2.24, 2.45) is 0 Å². The van der Waals surface area contributed by atoms with E-state index in [4.69, 9.17) is 4.74 Å². The minimum Gasteiger partial charge on any atom is -0.376 e. The molecule has 1 aliphatic rings. The smallest absolute Gasteiger partial charge is 0.230 e. The van der Waals surface area contributed by atoms with Crippen molar-refractivity contribution in [3.63, 3.8) is 0 Å². The van der Waals surface area contributed by atoms with Gasteiger partial charge in [-0.25, -0.2) is 0 Å². The number of hydrogen-bond acceptors (Lipinski definition) is 7. The van der Waals surface area contributed by atoms with Gasteiger partial charge in [0.1, 0.15) is 10.7 Å². The summed E-state index contributed by atoms with van der Waals surface area (Å²) in [5.41, 5.74) is 1.33. The molecule has 0 radical (unpaired) electrons. The second-order valence-corrected chi connectivity index (χ2v) is 6.90. The molecule has 0 unspecified atom stereocenters. The number of amides is 1. The number of ether oxygens (including phenoxy) is 1. The van der Waals surface area contributed by atoms with E-state index in [-0.39, 0.29) is 12.0 Å². The van der Waals surface area contributed by atoms with Crippen LogP contribution in [0.3, 0.4) is 0 Å².